The zero-order chi connectivity index (χ0) is 14.4. The third-order valence-electron chi connectivity index (χ3n) is 3.85. The lowest BCUT2D eigenvalue weighted by atomic mass is 9.93. The second-order valence-corrected chi connectivity index (χ2v) is 5.58. The molecule has 2 atom stereocenters. The summed E-state index contributed by atoms with van der Waals surface area (Å²) in [5.74, 6) is 0.592. The van der Waals surface area contributed by atoms with E-state index in [0.717, 1.165) is 6.54 Å². The quantitative estimate of drug-likeness (QED) is 0.789. The molecule has 2 aromatic carbocycles. The highest BCUT2D eigenvalue weighted by Crippen LogP contribution is 2.25. The van der Waals surface area contributed by atoms with Gasteiger partial charge >= 0.3 is 0 Å². The summed E-state index contributed by atoms with van der Waals surface area (Å²) >= 11 is 0. The van der Waals surface area contributed by atoms with E-state index < -0.39 is 0 Å². The van der Waals surface area contributed by atoms with E-state index in [4.69, 9.17) is 0 Å². The molecule has 0 aliphatic heterocycles. The van der Waals surface area contributed by atoms with E-state index in [1.54, 1.807) is 0 Å². The maximum Gasteiger partial charge on any atom is 0.00443 e. The van der Waals surface area contributed by atoms with Gasteiger partial charge in [0.2, 0.25) is 0 Å². The molecule has 0 amide bonds. The third-order valence-corrected chi connectivity index (χ3v) is 3.85. The highest BCUT2D eigenvalue weighted by atomic mass is 14.9. The van der Waals surface area contributed by atoms with Crippen molar-refractivity contribution in [3.05, 3.63) is 60.2 Å². The molecule has 106 valence electrons. The molecule has 0 radical (unpaired) electrons. The number of benzene rings is 2. The van der Waals surface area contributed by atoms with Gasteiger partial charge in [0.1, 0.15) is 0 Å². The van der Waals surface area contributed by atoms with E-state index in [1.165, 1.54) is 23.1 Å². The molecule has 20 heavy (non-hydrogen) atoms. The van der Waals surface area contributed by atoms with Crippen molar-refractivity contribution in [2.45, 2.75) is 39.2 Å². The summed E-state index contributed by atoms with van der Waals surface area (Å²) in [6, 6.07) is 20.1. The minimum Gasteiger partial charge on any atom is -0.315 e. The summed E-state index contributed by atoms with van der Waals surface area (Å²) in [5.41, 5.74) is 4.00. The van der Waals surface area contributed by atoms with Gasteiger partial charge in [0.25, 0.3) is 0 Å². The van der Waals surface area contributed by atoms with Crippen molar-refractivity contribution in [3.8, 4) is 11.1 Å². The van der Waals surface area contributed by atoms with Crippen molar-refractivity contribution >= 4 is 0 Å². The van der Waals surface area contributed by atoms with Crippen LogP contribution in [0, 0.1) is 0 Å². The van der Waals surface area contributed by atoms with Gasteiger partial charge in [0, 0.05) is 6.04 Å². The zero-order valence-corrected chi connectivity index (χ0v) is 12.8. The Bertz CT molecular complexity index is 501. The molecule has 1 heteroatoms. The monoisotopic (exact) mass is 267 g/mol. The molecule has 0 saturated heterocycles. The van der Waals surface area contributed by atoms with Gasteiger partial charge in [-0.25, -0.2) is 0 Å². The largest absolute Gasteiger partial charge is 0.315 e. The molecule has 2 unspecified atom stereocenters. The van der Waals surface area contributed by atoms with Crippen molar-refractivity contribution in [2.75, 3.05) is 6.54 Å². The minimum absolute atomic E-state index is 0.573. The number of rotatable bonds is 6. The number of nitrogens with one attached hydrogen (secondary N) is 1. The molecule has 0 aromatic heterocycles. The van der Waals surface area contributed by atoms with Crippen LogP contribution in [0.4, 0.5) is 0 Å². The third kappa shape index (κ3) is 3.94. The lowest BCUT2D eigenvalue weighted by Gasteiger charge is -2.18. The Morgan fingerprint density at radius 1 is 0.850 bits per heavy atom. The zero-order valence-electron chi connectivity index (χ0n) is 12.8. The molecule has 0 fully saturated rings. The predicted octanol–water partition coefficient (Wildman–Crippen LogP) is 4.85. The first kappa shape index (κ1) is 14.8. The summed E-state index contributed by atoms with van der Waals surface area (Å²) in [6.07, 6.45) is 1.18. The minimum atomic E-state index is 0.573. The molecule has 0 spiro atoms. The highest BCUT2D eigenvalue weighted by molar-refractivity contribution is 5.63. The molecule has 1 N–H and O–H groups in total. The Labute approximate surface area is 123 Å². The smallest absolute Gasteiger partial charge is 0.00443 e. The maximum absolute atomic E-state index is 3.48. The molecule has 1 nitrogen and oxygen atoms in total. The molecule has 0 aliphatic carbocycles. The highest BCUT2D eigenvalue weighted by Gasteiger charge is 2.10. The lowest BCUT2D eigenvalue weighted by Crippen LogP contribution is -2.26. The molecule has 2 aromatic rings. The Hall–Kier alpha value is -1.60. The average molecular weight is 267 g/mol. The average Bonchev–Trinajstić information content (AvgIpc) is 2.48. The Balaban J connectivity index is 2.04. The van der Waals surface area contributed by atoms with Crippen molar-refractivity contribution in [1.82, 2.24) is 5.32 Å². The summed E-state index contributed by atoms with van der Waals surface area (Å²) in [4.78, 5) is 0. The van der Waals surface area contributed by atoms with Crippen LogP contribution in [0.5, 0.6) is 0 Å². The second kappa shape index (κ2) is 7.25. The molecule has 0 saturated carbocycles. The molecule has 0 heterocycles. The van der Waals surface area contributed by atoms with Crippen LogP contribution in [0.1, 0.15) is 38.7 Å². The topological polar surface area (TPSA) is 12.0 Å². The van der Waals surface area contributed by atoms with E-state index in [9.17, 15) is 0 Å². The van der Waals surface area contributed by atoms with E-state index >= 15 is 0 Å². The van der Waals surface area contributed by atoms with Crippen LogP contribution in [-0.4, -0.2) is 12.6 Å². The fourth-order valence-electron chi connectivity index (χ4n) is 2.73. The van der Waals surface area contributed by atoms with Crippen LogP contribution in [-0.2, 0) is 0 Å². The standard InChI is InChI=1S/C19H25N/c1-4-20-16(3)14-15(2)17-10-12-19(13-11-17)18-8-6-5-7-9-18/h5-13,15-16,20H,4,14H2,1-3H3. The predicted molar refractivity (Wildman–Crippen MR) is 88.0 cm³/mol. The first-order valence-electron chi connectivity index (χ1n) is 7.59. The summed E-state index contributed by atoms with van der Waals surface area (Å²) < 4.78 is 0. The van der Waals surface area contributed by atoms with Crippen molar-refractivity contribution in [1.29, 1.82) is 0 Å². The Morgan fingerprint density at radius 3 is 2.05 bits per heavy atom. The van der Waals surface area contributed by atoms with Gasteiger partial charge in [-0.2, -0.15) is 0 Å². The van der Waals surface area contributed by atoms with Crippen molar-refractivity contribution < 1.29 is 0 Å². The summed E-state index contributed by atoms with van der Waals surface area (Å²) in [5, 5.41) is 3.48. The fourth-order valence-corrected chi connectivity index (χ4v) is 2.73. The van der Waals surface area contributed by atoms with Gasteiger partial charge < -0.3 is 5.32 Å². The first-order valence-corrected chi connectivity index (χ1v) is 7.59. The van der Waals surface area contributed by atoms with Crippen LogP contribution in [0.2, 0.25) is 0 Å². The second-order valence-electron chi connectivity index (χ2n) is 5.58. The molecule has 0 aliphatic rings. The SMILES string of the molecule is CCNC(C)CC(C)c1ccc(-c2ccccc2)cc1. The van der Waals surface area contributed by atoms with Gasteiger partial charge in [-0.3, -0.25) is 0 Å². The van der Waals surface area contributed by atoms with E-state index in [1.807, 2.05) is 0 Å². The lowest BCUT2D eigenvalue weighted by molar-refractivity contribution is 0.491. The summed E-state index contributed by atoms with van der Waals surface area (Å²) in [7, 11) is 0. The van der Waals surface area contributed by atoms with E-state index in [0.29, 0.717) is 12.0 Å². The van der Waals surface area contributed by atoms with Gasteiger partial charge in [-0.15, -0.1) is 0 Å². The van der Waals surface area contributed by atoms with Gasteiger partial charge in [-0.1, -0.05) is 68.4 Å². The number of hydrogen-bond acceptors (Lipinski definition) is 1. The van der Waals surface area contributed by atoms with Gasteiger partial charge in [0.15, 0.2) is 0 Å². The van der Waals surface area contributed by atoms with E-state index in [2.05, 4.69) is 80.7 Å². The fraction of sp³-hybridized carbons (Fsp3) is 0.368. The summed E-state index contributed by atoms with van der Waals surface area (Å²) in [6.45, 7) is 7.78. The number of hydrogen-bond donors (Lipinski definition) is 1. The normalized spacial score (nSPS) is 13.9. The van der Waals surface area contributed by atoms with Gasteiger partial charge in [0.05, 0.1) is 0 Å². The Kier molecular flexibility index (Phi) is 5.37. The molecule has 0 bridgehead atoms. The van der Waals surface area contributed by atoms with E-state index in [-0.39, 0.29) is 0 Å². The molecular weight excluding hydrogens is 242 g/mol. The van der Waals surface area contributed by atoms with Crippen LogP contribution < -0.4 is 5.32 Å². The van der Waals surface area contributed by atoms with Crippen LogP contribution >= 0.6 is 0 Å². The molecule has 2 rings (SSSR count). The van der Waals surface area contributed by atoms with Crippen LogP contribution in [0.3, 0.4) is 0 Å². The Morgan fingerprint density at radius 2 is 1.45 bits per heavy atom. The maximum atomic E-state index is 3.48. The van der Waals surface area contributed by atoms with Gasteiger partial charge in [-0.05, 0) is 42.5 Å². The van der Waals surface area contributed by atoms with Crippen molar-refractivity contribution in [2.24, 2.45) is 0 Å². The van der Waals surface area contributed by atoms with Crippen LogP contribution in [0.15, 0.2) is 54.6 Å². The van der Waals surface area contributed by atoms with Crippen LogP contribution in [0.25, 0.3) is 11.1 Å². The van der Waals surface area contributed by atoms with Crippen molar-refractivity contribution in [3.63, 3.8) is 0 Å². The molecular formula is C19H25N. The first-order chi connectivity index (χ1) is 9.70.